The van der Waals surface area contributed by atoms with E-state index in [-0.39, 0.29) is 23.5 Å². The second-order valence-corrected chi connectivity index (χ2v) is 11.3. The number of rotatable bonds is 13. The number of thioether (sulfide) groups is 1. The van der Waals surface area contributed by atoms with E-state index in [0.717, 1.165) is 18.4 Å². The zero-order valence-electron chi connectivity index (χ0n) is 22.0. The molecule has 1 aliphatic rings. The molecule has 0 unspecified atom stereocenters. The van der Waals surface area contributed by atoms with Crippen molar-refractivity contribution in [1.29, 1.82) is 5.26 Å². The maximum absolute atomic E-state index is 13.3. The van der Waals surface area contributed by atoms with Crippen LogP contribution in [0.4, 0.5) is 5.82 Å². The average molecular weight is 587 g/mol. The van der Waals surface area contributed by atoms with Gasteiger partial charge in [-0.25, -0.2) is 0 Å². The summed E-state index contributed by atoms with van der Waals surface area (Å²) in [6.45, 7) is 4.88. The SMILES string of the molecule is CCCCn1c(NCc2ccccc2Cl)c(/C=C2/SC(=S)N(CCCCCC(=O)O)C2=O)c(C)c(C#N)c1=O. The Hall–Kier alpha value is -3.13. The van der Waals surface area contributed by atoms with Gasteiger partial charge in [-0.3, -0.25) is 23.9 Å². The summed E-state index contributed by atoms with van der Waals surface area (Å²) in [5, 5.41) is 22.6. The number of carbonyl (C=O) groups excluding carboxylic acids is 1. The minimum Gasteiger partial charge on any atom is -0.481 e. The van der Waals surface area contributed by atoms with Crippen molar-refractivity contribution in [3.63, 3.8) is 0 Å². The molecule has 8 nitrogen and oxygen atoms in total. The van der Waals surface area contributed by atoms with Crippen LogP contribution in [-0.2, 0) is 22.7 Å². The van der Waals surface area contributed by atoms with Crippen LogP contribution in [0.25, 0.3) is 6.08 Å². The number of nitrogens with zero attached hydrogens (tertiary/aromatic N) is 3. The molecule has 39 heavy (non-hydrogen) atoms. The third-order valence-corrected chi connectivity index (χ3v) is 8.18. The van der Waals surface area contributed by atoms with E-state index in [2.05, 4.69) is 11.4 Å². The Morgan fingerprint density at radius 2 is 1.95 bits per heavy atom. The van der Waals surface area contributed by atoms with Crippen molar-refractivity contribution in [2.24, 2.45) is 0 Å². The third-order valence-electron chi connectivity index (χ3n) is 6.44. The monoisotopic (exact) mass is 586 g/mol. The van der Waals surface area contributed by atoms with Gasteiger partial charge in [0, 0.05) is 36.6 Å². The van der Waals surface area contributed by atoms with Crippen LogP contribution in [0.3, 0.4) is 0 Å². The van der Waals surface area contributed by atoms with Gasteiger partial charge < -0.3 is 10.4 Å². The number of aromatic nitrogens is 1. The van der Waals surface area contributed by atoms with Crippen LogP contribution in [0.15, 0.2) is 34.0 Å². The maximum Gasteiger partial charge on any atom is 0.303 e. The normalized spacial score (nSPS) is 14.2. The fourth-order valence-electron chi connectivity index (χ4n) is 4.25. The summed E-state index contributed by atoms with van der Waals surface area (Å²) in [5.74, 6) is -0.566. The van der Waals surface area contributed by atoms with Crippen LogP contribution in [0.1, 0.15) is 67.7 Å². The first-order chi connectivity index (χ1) is 18.7. The number of carboxylic acid groups (broad SMARTS) is 1. The van der Waals surface area contributed by atoms with E-state index in [9.17, 15) is 19.6 Å². The van der Waals surface area contributed by atoms with Gasteiger partial charge in [-0.15, -0.1) is 0 Å². The number of nitrogens with one attached hydrogen (secondary N) is 1. The number of amides is 1. The van der Waals surface area contributed by atoms with Gasteiger partial charge in [-0.1, -0.05) is 73.5 Å². The Bertz CT molecular complexity index is 1400. The molecular formula is C28H31ClN4O4S2. The molecule has 206 valence electrons. The lowest BCUT2D eigenvalue weighted by atomic mass is 10.0. The van der Waals surface area contributed by atoms with E-state index in [4.69, 9.17) is 28.9 Å². The predicted molar refractivity (Wildman–Crippen MR) is 160 cm³/mol. The summed E-state index contributed by atoms with van der Waals surface area (Å²) < 4.78 is 1.99. The minimum absolute atomic E-state index is 0.0366. The molecule has 1 amide bonds. The van der Waals surface area contributed by atoms with Crippen molar-refractivity contribution in [2.45, 2.75) is 65.5 Å². The van der Waals surface area contributed by atoms with Gasteiger partial charge in [0.25, 0.3) is 11.5 Å². The summed E-state index contributed by atoms with van der Waals surface area (Å²) in [6, 6.07) is 9.46. The fraction of sp³-hybridized carbons (Fsp3) is 0.393. The highest BCUT2D eigenvalue weighted by atomic mass is 35.5. The smallest absolute Gasteiger partial charge is 0.303 e. The lowest BCUT2D eigenvalue weighted by molar-refractivity contribution is -0.137. The molecule has 1 aromatic heterocycles. The number of pyridine rings is 1. The third kappa shape index (κ3) is 7.50. The molecule has 1 aliphatic heterocycles. The van der Waals surface area contributed by atoms with Gasteiger partial charge in [-0.05, 0) is 49.5 Å². The number of carbonyl (C=O) groups is 2. The summed E-state index contributed by atoms with van der Waals surface area (Å²) in [5.41, 5.74) is 1.56. The second-order valence-electron chi connectivity index (χ2n) is 9.17. The Labute approximate surface area is 242 Å². The van der Waals surface area contributed by atoms with Crippen LogP contribution in [0.5, 0.6) is 0 Å². The number of aliphatic carboxylic acids is 1. The molecular weight excluding hydrogens is 556 g/mol. The van der Waals surface area contributed by atoms with Crippen LogP contribution in [0.2, 0.25) is 5.02 Å². The van der Waals surface area contributed by atoms with E-state index >= 15 is 0 Å². The molecule has 0 aliphatic carbocycles. The minimum atomic E-state index is -0.838. The second kappa shape index (κ2) is 14.3. The molecule has 3 rings (SSSR count). The van der Waals surface area contributed by atoms with Crippen molar-refractivity contribution < 1.29 is 14.7 Å². The van der Waals surface area contributed by atoms with E-state index in [1.807, 2.05) is 25.1 Å². The van der Waals surface area contributed by atoms with Crippen molar-refractivity contribution in [1.82, 2.24) is 9.47 Å². The van der Waals surface area contributed by atoms with Gasteiger partial charge >= 0.3 is 5.97 Å². The van der Waals surface area contributed by atoms with Gasteiger partial charge in [0.2, 0.25) is 0 Å². The summed E-state index contributed by atoms with van der Waals surface area (Å²) in [4.78, 5) is 39.3. The number of anilines is 1. The van der Waals surface area contributed by atoms with Crippen LogP contribution >= 0.6 is 35.6 Å². The van der Waals surface area contributed by atoms with Crippen molar-refractivity contribution in [2.75, 3.05) is 11.9 Å². The number of nitriles is 1. The molecule has 0 spiro atoms. The molecule has 0 bridgehead atoms. The lowest BCUT2D eigenvalue weighted by Crippen LogP contribution is -2.29. The largest absolute Gasteiger partial charge is 0.481 e. The van der Waals surface area contributed by atoms with Gasteiger partial charge in [0.1, 0.15) is 21.8 Å². The Balaban J connectivity index is 2.00. The Morgan fingerprint density at radius 3 is 2.62 bits per heavy atom. The summed E-state index contributed by atoms with van der Waals surface area (Å²) >= 11 is 13.0. The van der Waals surface area contributed by atoms with Gasteiger partial charge in [0.15, 0.2) is 0 Å². The average Bonchev–Trinajstić information content (AvgIpc) is 3.16. The molecule has 1 aromatic carbocycles. The zero-order valence-corrected chi connectivity index (χ0v) is 24.3. The molecule has 2 N–H and O–H groups in total. The molecule has 1 fully saturated rings. The van der Waals surface area contributed by atoms with E-state index in [1.165, 1.54) is 16.7 Å². The number of benzene rings is 1. The molecule has 0 saturated carbocycles. The topological polar surface area (TPSA) is 115 Å². The number of hydrogen-bond donors (Lipinski definition) is 2. The molecule has 2 aromatic rings. The fourth-order valence-corrected chi connectivity index (χ4v) is 5.74. The molecule has 2 heterocycles. The highest BCUT2D eigenvalue weighted by Crippen LogP contribution is 2.35. The highest BCUT2D eigenvalue weighted by Gasteiger charge is 2.32. The number of hydrogen-bond acceptors (Lipinski definition) is 7. The lowest BCUT2D eigenvalue weighted by Gasteiger charge is -2.20. The first kappa shape index (κ1) is 30.4. The standard InChI is InChI=1S/C28H31ClN4O4S2/c1-3-4-13-32-25(31-17-19-10-7-8-11-22(19)29)20(18(2)21(16-30)26(32)36)15-23-27(37)33(28(38)39-23)14-9-5-6-12-24(34)35/h7-8,10-11,15,31H,3-6,9,12-14,17H2,1-2H3,(H,34,35)/b23-15+. The molecule has 1 saturated heterocycles. The van der Waals surface area contributed by atoms with Gasteiger partial charge in [0.05, 0.1) is 4.91 Å². The summed E-state index contributed by atoms with van der Waals surface area (Å²) in [7, 11) is 0. The molecule has 0 radical (unpaired) electrons. The quantitative estimate of drug-likeness (QED) is 0.168. The number of carboxylic acids is 1. The highest BCUT2D eigenvalue weighted by molar-refractivity contribution is 8.26. The van der Waals surface area contributed by atoms with Crippen molar-refractivity contribution >= 4 is 63.7 Å². The van der Waals surface area contributed by atoms with Crippen LogP contribution in [-0.4, -0.2) is 37.3 Å². The summed E-state index contributed by atoms with van der Waals surface area (Å²) in [6.07, 6.45) is 5.23. The molecule has 11 heteroatoms. The van der Waals surface area contributed by atoms with Crippen LogP contribution in [0, 0.1) is 18.3 Å². The van der Waals surface area contributed by atoms with E-state index in [1.54, 1.807) is 23.6 Å². The van der Waals surface area contributed by atoms with Gasteiger partial charge in [-0.2, -0.15) is 5.26 Å². The number of thiocarbonyl (C=S) groups is 1. The first-order valence-electron chi connectivity index (χ1n) is 12.8. The van der Waals surface area contributed by atoms with E-state index < -0.39 is 5.97 Å². The Morgan fingerprint density at radius 1 is 1.21 bits per heavy atom. The molecule has 0 atom stereocenters. The zero-order chi connectivity index (χ0) is 28.5. The number of unbranched alkanes of at least 4 members (excludes halogenated alkanes) is 3. The van der Waals surface area contributed by atoms with E-state index in [0.29, 0.717) is 70.1 Å². The first-order valence-corrected chi connectivity index (χ1v) is 14.4. The van der Waals surface area contributed by atoms with Crippen molar-refractivity contribution in [3.05, 3.63) is 66.8 Å². The number of halogens is 1. The Kier molecular flexibility index (Phi) is 11.2. The van der Waals surface area contributed by atoms with Crippen LogP contribution < -0.4 is 10.9 Å². The predicted octanol–water partition coefficient (Wildman–Crippen LogP) is 5.94. The van der Waals surface area contributed by atoms with Crippen molar-refractivity contribution in [3.8, 4) is 6.07 Å². The maximum atomic E-state index is 13.3.